The number of Topliss-reactive ketones (excluding diaryl/α,β-unsaturated/α-hetero) is 1. The van der Waals surface area contributed by atoms with E-state index in [1.54, 1.807) is 40.2 Å². The Bertz CT molecular complexity index is 1450. The van der Waals surface area contributed by atoms with Crippen molar-refractivity contribution < 1.29 is 4.79 Å². The fraction of sp³-hybridized carbons (Fsp3) is 0.321. The van der Waals surface area contributed by atoms with E-state index in [9.17, 15) is 9.59 Å². The summed E-state index contributed by atoms with van der Waals surface area (Å²) in [5, 5.41) is 1.88. The molecule has 0 amide bonds. The van der Waals surface area contributed by atoms with Gasteiger partial charge in [-0.3, -0.25) is 14.2 Å². The molecule has 1 aliphatic carbocycles. The van der Waals surface area contributed by atoms with Crippen molar-refractivity contribution in [3.63, 3.8) is 0 Å². The molecule has 0 saturated heterocycles. The average molecular weight is 523 g/mol. The van der Waals surface area contributed by atoms with Crippen molar-refractivity contribution in [3.8, 4) is 5.69 Å². The maximum atomic E-state index is 13.9. The molecule has 2 heterocycles. The number of thiophene rings is 1. The summed E-state index contributed by atoms with van der Waals surface area (Å²) in [5.74, 6) is 0.744. The first-order valence-corrected chi connectivity index (χ1v) is 13.9. The molecule has 4 nitrogen and oxygen atoms in total. The maximum absolute atomic E-state index is 13.9. The Morgan fingerprint density at radius 3 is 2.54 bits per heavy atom. The number of carbonyl (C=O) groups is 1. The Balaban J connectivity index is 1.57. The normalized spacial score (nSPS) is 15.8. The van der Waals surface area contributed by atoms with E-state index >= 15 is 0 Å². The molecule has 1 atom stereocenters. The number of hydrogen-bond donors (Lipinski definition) is 0. The second kappa shape index (κ2) is 9.57. The second-order valence-corrected chi connectivity index (χ2v) is 12.5. The predicted octanol–water partition coefficient (Wildman–Crippen LogP) is 7.23. The number of ketones is 1. The summed E-state index contributed by atoms with van der Waals surface area (Å²) < 4.78 is 1.67. The minimum Gasteiger partial charge on any atom is -0.293 e. The Labute approximate surface area is 218 Å². The van der Waals surface area contributed by atoms with Gasteiger partial charge in [0.25, 0.3) is 5.56 Å². The van der Waals surface area contributed by atoms with Gasteiger partial charge in [-0.2, -0.15) is 0 Å². The van der Waals surface area contributed by atoms with Gasteiger partial charge in [0, 0.05) is 15.5 Å². The molecule has 7 heteroatoms. The van der Waals surface area contributed by atoms with Gasteiger partial charge in [-0.15, -0.1) is 11.3 Å². The molecular weight excluding hydrogens is 496 g/mol. The van der Waals surface area contributed by atoms with E-state index in [0.717, 1.165) is 35.2 Å². The van der Waals surface area contributed by atoms with Crippen LogP contribution in [0.4, 0.5) is 0 Å². The summed E-state index contributed by atoms with van der Waals surface area (Å²) >= 11 is 8.92. The summed E-state index contributed by atoms with van der Waals surface area (Å²) in [6.45, 7) is 6.88. The van der Waals surface area contributed by atoms with Gasteiger partial charge >= 0.3 is 0 Å². The highest BCUT2D eigenvalue weighted by Crippen LogP contribution is 2.42. The van der Waals surface area contributed by atoms with Crippen LogP contribution in [0.15, 0.2) is 64.5 Å². The minimum absolute atomic E-state index is 0.0286. The fourth-order valence-corrected chi connectivity index (χ4v) is 7.07. The van der Waals surface area contributed by atoms with Crippen molar-refractivity contribution in [2.75, 3.05) is 5.75 Å². The van der Waals surface area contributed by atoms with E-state index < -0.39 is 0 Å². The Kier molecular flexibility index (Phi) is 6.64. The third kappa shape index (κ3) is 4.84. The van der Waals surface area contributed by atoms with Crippen LogP contribution in [-0.2, 0) is 12.8 Å². The number of thioether (sulfide) groups is 1. The van der Waals surface area contributed by atoms with E-state index in [-0.39, 0.29) is 22.5 Å². The molecule has 0 bridgehead atoms. The van der Waals surface area contributed by atoms with Gasteiger partial charge in [0.2, 0.25) is 0 Å². The van der Waals surface area contributed by atoms with E-state index in [4.69, 9.17) is 16.6 Å². The third-order valence-electron chi connectivity index (χ3n) is 6.79. The second-order valence-electron chi connectivity index (χ2n) is 10.1. The van der Waals surface area contributed by atoms with Gasteiger partial charge in [0.15, 0.2) is 10.9 Å². The van der Waals surface area contributed by atoms with Crippen molar-refractivity contribution in [2.24, 2.45) is 11.3 Å². The predicted molar refractivity (Wildman–Crippen MR) is 147 cm³/mol. The molecule has 35 heavy (non-hydrogen) atoms. The molecule has 2 aromatic carbocycles. The van der Waals surface area contributed by atoms with Crippen LogP contribution in [0.5, 0.6) is 0 Å². The van der Waals surface area contributed by atoms with Crippen LogP contribution in [0, 0.1) is 11.3 Å². The SMILES string of the molecule is CC(C)(C)[C@H]1CCc2c(sc3nc(SCC(=O)c4ccc(Cl)cc4)n(-c4ccccc4)c(=O)c23)C1. The number of rotatable bonds is 5. The molecule has 1 aliphatic rings. The summed E-state index contributed by atoms with van der Waals surface area (Å²) in [7, 11) is 0. The maximum Gasteiger partial charge on any atom is 0.267 e. The van der Waals surface area contributed by atoms with Crippen LogP contribution in [0.1, 0.15) is 48.0 Å². The quantitative estimate of drug-likeness (QED) is 0.158. The Morgan fingerprint density at radius 1 is 1.14 bits per heavy atom. The lowest BCUT2D eigenvalue weighted by molar-refractivity contribution is 0.102. The summed E-state index contributed by atoms with van der Waals surface area (Å²) in [6, 6.07) is 16.5. The molecule has 4 aromatic rings. The van der Waals surface area contributed by atoms with Gasteiger partial charge in [0.1, 0.15) is 4.83 Å². The summed E-state index contributed by atoms with van der Waals surface area (Å²) in [4.78, 5) is 33.8. The molecule has 0 unspecified atom stereocenters. The number of carbonyl (C=O) groups excluding carboxylic acids is 1. The van der Waals surface area contributed by atoms with Gasteiger partial charge in [-0.05, 0) is 72.6 Å². The number of aromatic nitrogens is 2. The highest BCUT2D eigenvalue weighted by atomic mass is 35.5. The number of para-hydroxylation sites is 1. The van der Waals surface area contributed by atoms with E-state index in [1.807, 2.05) is 30.3 Å². The zero-order valence-corrected chi connectivity index (χ0v) is 22.4. The Hall–Kier alpha value is -2.41. The number of aryl methyl sites for hydroxylation is 1. The molecular formula is C28H27ClN2O2S2. The lowest BCUT2D eigenvalue weighted by Gasteiger charge is -2.33. The molecule has 0 radical (unpaired) electrons. The lowest BCUT2D eigenvalue weighted by Crippen LogP contribution is -2.27. The van der Waals surface area contributed by atoms with Crippen LogP contribution < -0.4 is 5.56 Å². The zero-order chi connectivity index (χ0) is 24.7. The first kappa shape index (κ1) is 24.3. The smallest absolute Gasteiger partial charge is 0.267 e. The Morgan fingerprint density at radius 2 is 1.86 bits per heavy atom. The van der Waals surface area contributed by atoms with E-state index in [0.29, 0.717) is 21.7 Å². The first-order chi connectivity index (χ1) is 16.7. The monoisotopic (exact) mass is 522 g/mol. The van der Waals surface area contributed by atoms with Gasteiger partial charge in [-0.25, -0.2) is 4.98 Å². The number of hydrogen-bond acceptors (Lipinski definition) is 5. The molecule has 2 aromatic heterocycles. The first-order valence-electron chi connectivity index (χ1n) is 11.8. The summed E-state index contributed by atoms with van der Waals surface area (Å²) in [6.07, 6.45) is 2.98. The highest BCUT2D eigenvalue weighted by Gasteiger charge is 2.32. The fourth-order valence-electron chi connectivity index (χ4n) is 4.70. The molecule has 0 saturated carbocycles. The largest absolute Gasteiger partial charge is 0.293 e. The lowest BCUT2D eigenvalue weighted by atomic mass is 9.72. The molecule has 0 aliphatic heterocycles. The minimum atomic E-state index is -0.0469. The number of halogens is 1. The van der Waals surface area contributed by atoms with Gasteiger partial charge in [-0.1, -0.05) is 62.3 Å². The van der Waals surface area contributed by atoms with Crippen LogP contribution in [0.2, 0.25) is 5.02 Å². The average Bonchev–Trinajstić information content (AvgIpc) is 3.21. The van der Waals surface area contributed by atoms with Crippen LogP contribution >= 0.6 is 34.7 Å². The number of nitrogens with zero attached hydrogens (tertiary/aromatic N) is 2. The molecule has 180 valence electrons. The molecule has 0 spiro atoms. The summed E-state index contributed by atoms with van der Waals surface area (Å²) in [5.41, 5.74) is 2.71. The number of benzene rings is 2. The molecule has 0 N–H and O–H groups in total. The van der Waals surface area contributed by atoms with Crippen LogP contribution in [0.3, 0.4) is 0 Å². The zero-order valence-electron chi connectivity index (χ0n) is 20.0. The van der Waals surface area contributed by atoms with Crippen LogP contribution in [0.25, 0.3) is 15.9 Å². The standard InChI is InChI=1S/C28H27ClN2O2S2/c1-28(2,3)18-11-14-21-23(15-18)35-25-24(21)26(33)31(20-7-5-4-6-8-20)27(30-25)34-16-22(32)17-9-12-19(29)13-10-17/h4-10,12-13,18H,11,14-16H2,1-3H3/t18-/m0/s1. The van der Waals surface area contributed by atoms with Crippen molar-refractivity contribution in [1.29, 1.82) is 0 Å². The van der Waals surface area contributed by atoms with Crippen molar-refractivity contribution in [1.82, 2.24) is 9.55 Å². The van der Waals surface area contributed by atoms with Gasteiger partial charge in [0.05, 0.1) is 16.8 Å². The number of fused-ring (bicyclic) bond motifs is 3. The highest BCUT2D eigenvalue weighted by molar-refractivity contribution is 7.99. The van der Waals surface area contributed by atoms with Gasteiger partial charge < -0.3 is 0 Å². The van der Waals surface area contributed by atoms with Crippen molar-refractivity contribution >= 4 is 50.7 Å². The van der Waals surface area contributed by atoms with Crippen molar-refractivity contribution in [2.45, 2.75) is 45.2 Å². The van der Waals surface area contributed by atoms with Crippen molar-refractivity contribution in [3.05, 3.63) is 86.0 Å². The molecule has 0 fully saturated rings. The van der Waals surface area contributed by atoms with Crippen LogP contribution in [-0.4, -0.2) is 21.1 Å². The third-order valence-corrected chi connectivity index (χ3v) is 9.13. The molecule has 5 rings (SSSR count). The van der Waals surface area contributed by atoms with E-state index in [1.165, 1.54) is 22.2 Å². The van der Waals surface area contributed by atoms with E-state index in [2.05, 4.69) is 20.8 Å². The topological polar surface area (TPSA) is 52.0 Å².